The molecule has 1 heterocycles. The molecule has 23 heavy (non-hydrogen) atoms. The van der Waals surface area contributed by atoms with Gasteiger partial charge in [0, 0.05) is 11.3 Å². The number of thioether (sulfide) groups is 1. The van der Waals surface area contributed by atoms with Gasteiger partial charge in [0.1, 0.15) is 0 Å². The number of carbonyl (C=O) groups excluding carboxylic acids is 2. The Labute approximate surface area is 137 Å². The second-order valence-electron chi connectivity index (χ2n) is 5.45. The number of tetrazole rings is 1. The third kappa shape index (κ3) is 4.16. The Balaban J connectivity index is 1.49. The minimum atomic E-state index is -0.110. The van der Waals surface area contributed by atoms with E-state index in [0.29, 0.717) is 28.8 Å². The number of carbonyl (C=O) groups is 2. The van der Waals surface area contributed by atoms with Crippen molar-refractivity contribution in [3.8, 4) is 0 Å². The van der Waals surface area contributed by atoms with Gasteiger partial charge in [-0.25, -0.2) is 4.68 Å². The van der Waals surface area contributed by atoms with Crippen LogP contribution >= 0.6 is 11.8 Å². The van der Waals surface area contributed by atoms with Crippen LogP contribution in [0.5, 0.6) is 0 Å². The lowest BCUT2D eigenvalue weighted by Gasteiger charge is -2.06. The summed E-state index contributed by atoms with van der Waals surface area (Å²) in [5.74, 6) is 1.58. The fourth-order valence-corrected chi connectivity index (χ4v) is 2.89. The molecule has 0 saturated heterocycles. The van der Waals surface area contributed by atoms with Gasteiger partial charge in [0.25, 0.3) is 0 Å². The molecule has 3 rings (SSSR count). The molecule has 1 amide bonds. The number of aromatic nitrogens is 4. The van der Waals surface area contributed by atoms with E-state index in [4.69, 9.17) is 0 Å². The third-order valence-corrected chi connectivity index (χ3v) is 4.40. The molecule has 1 N–H and O–H groups in total. The first-order chi connectivity index (χ1) is 11.1. The van der Waals surface area contributed by atoms with Gasteiger partial charge in [-0.1, -0.05) is 12.1 Å². The highest BCUT2D eigenvalue weighted by Gasteiger charge is 2.27. The third-order valence-electron chi connectivity index (χ3n) is 3.47. The van der Waals surface area contributed by atoms with Crippen molar-refractivity contribution in [1.29, 1.82) is 0 Å². The zero-order valence-corrected chi connectivity index (χ0v) is 13.5. The Bertz CT molecular complexity index is 726. The van der Waals surface area contributed by atoms with Gasteiger partial charge in [-0.05, 0) is 42.3 Å². The van der Waals surface area contributed by atoms with Crippen LogP contribution in [0.25, 0.3) is 0 Å². The summed E-state index contributed by atoms with van der Waals surface area (Å²) >= 11 is 1.47. The fourth-order valence-electron chi connectivity index (χ4n) is 2.16. The summed E-state index contributed by atoms with van der Waals surface area (Å²) in [4.78, 5) is 23.3. The predicted octanol–water partition coefficient (Wildman–Crippen LogP) is 2.08. The molecule has 1 saturated carbocycles. The van der Waals surface area contributed by atoms with Crippen LogP contribution in [-0.2, 0) is 10.5 Å². The standard InChI is InChI=1S/C15H17N5O2S/c1-10(21)11-3-2-4-12(7-11)16-15(22)9-23-8-14-17-18-19-20(14)13-5-6-13/h2-4,7,13H,5-6,8-9H2,1H3,(H,16,22). The lowest BCUT2D eigenvalue weighted by atomic mass is 10.1. The normalized spacial score (nSPS) is 13.8. The summed E-state index contributed by atoms with van der Waals surface area (Å²) in [5, 5.41) is 14.5. The number of nitrogens with one attached hydrogen (secondary N) is 1. The first kappa shape index (κ1) is 15.7. The number of ketones is 1. The van der Waals surface area contributed by atoms with Gasteiger partial charge in [0.05, 0.1) is 17.5 Å². The molecule has 8 heteroatoms. The van der Waals surface area contributed by atoms with Gasteiger partial charge in [0.2, 0.25) is 5.91 Å². The van der Waals surface area contributed by atoms with E-state index < -0.39 is 0 Å². The number of amides is 1. The molecule has 1 aromatic heterocycles. The van der Waals surface area contributed by atoms with Gasteiger partial charge >= 0.3 is 0 Å². The molecule has 1 aromatic carbocycles. The summed E-state index contributed by atoms with van der Waals surface area (Å²) in [7, 11) is 0. The van der Waals surface area contributed by atoms with Crippen molar-refractivity contribution in [2.45, 2.75) is 31.6 Å². The quantitative estimate of drug-likeness (QED) is 0.781. The zero-order valence-electron chi connectivity index (χ0n) is 12.7. The summed E-state index contributed by atoms with van der Waals surface area (Å²) in [6.07, 6.45) is 2.24. The monoisotopic (exact) mass is 331 g/mol. The molecule has 0 atom stereocenters. The van der Waals surface area contributed by atoms with Crippen LogP contribution in [0, 0.1) is 0 Å². The lowest BCUT2D eigenvalue weighted by Crippen LogP contribution is -2.15. The number of hydrogen-bond donors (Lipinski definition) is 1. The second-order valence-corrected chi connectivity index (χ2v) is 6.43. The number of Topliss-reactive ketones (excluding diaryl/α,β-unsaturated/α-hetero) is 1. The van der Waals surface area contributed by atoms with Crippen molar-refractivity contribution >= 4 is 29.1 Å². The number of benzene rings is 1. The van der Waals surface area contributed by atoms with Crippen LogP contribution in [0.4, 0.5) is 5.69 Å². The number of rotatable bonds is 7. The molecule has 120 valence electrons. The molecule has 1 fully saturated rings. The Hall–Kier alpha value is -2.22. The molecule has 1 aliphatic rings. The van der Waals surface area contributed by atoms with Crippen molar-refractivity contribution in [2.24, 2.45) is 0 Å². The lowest BCUT2D eigenvalue weighted by molar-refractivity contribution is -0.113. The minimum Gasteiger partial charge on any atom is -0.325 e. The highest BCUT2D eigenvalue weighted by atomic mass is 32.2. The average Bonchev–Trinajstić information content (AvgIpc) is 3.27. The van der Waals surface area contributed by atoms with Crippen molar-refractivity contribution in [1.82, 2.24) is 20.2 Å². The maximum Gasteiger partial charge on any atom is 0.234 e. The molecule has 1 aliphatic carbocycles. The topological polar surface area (TPSA) is 89.8 Å². The summed E-state index contributed by atoms with van der Waals surface area (Å²) < 4.78 is 1.85. The van der Waals surface area contributed by atoms with E-state index >= 15 is 0 Å². The number of nitrogens with zero attached hydrogens (tertiary/aromatic N) is 4. The second kappa shape index (κ2) is 6.91. The highest BCUT2D eigenvalue weighted by Crippen LogP contribution is 2.34. The van der Waals surface area contributed by atoms with E-state index in [-0.39, 0.29) is 11.7 Å². The Kier molecular flexibility index (Phi) is 4.71. The largest absolute Gasteiger partial charge is 0.325 e. The smallest absolute Gasteiger partial charge is 0.234 e. The predicted molar refractivity (Wildman–Crippen MR) is 87.3 cm³/mol. The van der Waals surface area contributed by atoms with E-state index in [0.717, 1.165) is 18.7 Å². The van der Waals surface area contributed by atoms with Crippen LogP contribution in [0.3, 0.4) is 0 Å². The summed E-state index contributed by atoms with van der Waals surface area (Å²) in [6, 6.07) is 7.36. The van der Waals surface area contributed by atoms with Crippen molar-refractivity contribution in [2.75, 3.05) is 11.1 Å². The van der Waals surface area contributed by atoms with Gasteiger partial charge < -0.3 is 5.32 Å². The molecule has 0 bridgehead atoms. The van der Waals surface area contributed by atoms with E-state index in [9.17, 15) is 9.59 Å². The van der Waals surface area contributed by atoms with Crippen molar-refractivity contribution in [3.05, 3.63) is 35.7 Å². The van der Waals surface area contributed by atoms with Gasteiger partial charge in [-0.3, -0.25) is 9.59 Å². The molecular formula is C15H17N5O2S. The fraction of sp³-hybridized carbons (Fsp3) is 0.400. The average molecular weight is 331 g/mol. The molecule has 7 nitrogen and oxygen atoms in total. The van der Waals surface area contributed by atoms with Gasteiger partial charge in [-0.2, -0.15) is 0 Å². The Morgan fingerprint density at radius 2 is 2.22 bits per heavy atom. The Morgan fingerprint density at radius 1 is 1.39 bits per heavy atom. The molecule has 0 spiro atoms. The maximum absolute atomic E-state index is 12.0. The van der Waals surface area contributed by atoms with E-state index in [1.165, 1.54) is 18.7 Å². The minimum absolute atomic E-state index is 0.0256. The first-order valence-corrected chi connectivity index (χ1v) is 8.54. The number of anilines is 1. The first-order valence-electron chi connectivity index (χ1n) is 7.39. The van der Waals surface area contributed by atoms with Crippen LogP contribution in [-0.4, -0.2) is 37.7 Å². The summed E-state index contributed by atoms with van der Waals surface area (Å²) in [5.41, 5.74) is 1.21. The van der Waals surface area contributed by atoms with E-state index in [1.807, 2.05) is 4.68 Å². The molecular weight excluding hydrogens is 314 g/mol. The molecule has 0 radical (unpaired) electrons. The maximum atomic E-state index is 12.0. The van der Waals surface area contributed by atoms with Crippen molar-refractivity contribution < 1.29 is 9.59 Å². The highest BCUT2D eigenvalue weighted by molar-refractivity contribution is 7.99. The van der Waals surface area contributed by atoms with Crippen LogP contribution in [0.15, 0.2) is 24.3 Å². The van der Waals surface area contributed by atoms with Crippen LogP contribution < -0.4 is 5.32 Å². The van der Waals surface area contributed by atoms with E-state index in [2.05, 4.69) is 20.8 Å². The summed E-state index contributed by atoms with van der Waals surface area (Å²) in [6.45, 7) is 1.50. The van der Waals surface area contributed by atoms with Crippen LogP contribution in [0.2, 0.25) is 0 Å². The SMILES string of the molecule is CC(=O)c1cccc(NC(=O)CSCc2nnnn2C2CC2)c1. The number of hydrogen-bond acceptors (Lipinski definition) is 6. The molecule has 2 aromatic rings. The Morgan fingerprint density at radius 3 is 2.96 bits per heavy atom. The molecule has 0 aliphatic heterocycles. The zero-order chi connectivity index (χ0) is 16.2. The van der Waals surface area contributed by atoms with Gasteiger partial charge in [0.15, 0.2) is 11.6 Å². The van der Waals surface area contributed by atoms with E-state index in [1.54, 1.807) is 24.3 Å². The van der Waals surface area contributed by atoms with Crippen LogP contribution in [0.1, 0.15) is 42.0 Å². The van der Waals surface area contributed by atoms with Crippen molar-refractivity contribution in [3.63, 3.8) is 0 Å². The molecule has 0 unspecified atom stereocenters. The van der Waals surface area contributed by atoms with Gasteiger partial charge in [-0.15, -0.1) is 16.9 Å².